The molecule has 0 amide bonds. The second-order valence-electron chi connectivity index (χ2n) is 3.09. The molecular formula is C8H12N2O3S. The van der Waals surface area contributed by atoms with Gasteiger partial charge in [0.05, 0.1) is 11.9 Å². The highest BCUT2D eigenvalue weighted by Gasteiger charge is 2.10. The summed E-state index contributed by atoms with van der Waals surface area (Å²) in [5.74, 6) is 0.284. The highest BCUT2D eigenvalue weighted by atomic mass is 32.2. The van der Waals surface area contributed by atoms with Gasteiger partial charge in [0, 0.05) is 14.0 Å². The molecule has 0 bridgehead atoms. The van der Waals surface area contributed by atoms with E-state index < -0.39 is 10.0 Å². The summed E-state index contributed by atoms with van der Waals surface area (Å²) in [6, 6.07) is 3.13. The molecule has 0 radical (unpaired) electrons. The molecule has 14 heavy (non-hydrogen) atoms. The van der Waals surface area contributed by atoms with Crippen molar-refractivity contribution in [2.24, 2.45) is 7.05 Å². The third-order valence-electron chi connectivity index (χ3n) is 1.77. The first-order valence-electron chi connectivity index (χ1n) is 3.95. The van der Waals surface area contributed by atoms with Crippen LogP contribution in [0.25, 0.3) is 0 Å². The molecule has 0 atom stereocenters. The average Bonchev–Trinajstić information content (AvgIpc) is 2.29. The highest BCUT2D eigenvalue weighted by Crippen LogP contribution is 2.13. The van der Waals surface area contributed by atoms with Crippen LogP contribution in [0.1, 0.15) is 17.4 Å². The van der Waals surface area contributed by atoms with Gasteiger partial charge in [-0.05, 0) is 12.1 Å². The minimum atomic E-state index is -3.29. The molecule has 1 heterocycles. The molecule has 6 heteroatoms. The van der Waals surface area contributed by atoms with Crippen molar-refractivity contribution in [1.82, 2.24) is 4.57 Å². The van der Waals surface area contributed by atoms with Gasteiger partial charge in [-0.3, -0.25) is 9.52 Å². The summed E-state index contributed by atoms with van der Waals surface area (Å²) in [5, 5.41) is 0. The zero-order chi connectivity index (χ0) is 10.9. The summed E-state index contributed by atoms with van der Waals surface area (Å²) >= 11 is 0. The van der Waals surface area contributed by atoms with Crippen LogP contribution in [0.2, 0.25) is 0 Å². The molecular weight excluding hydrogens is 204 g/mol. The van der Waals surface area contributed by atoms with E-state index in [9.17, 15) is 13.2 Å². The Balaban J connectivity index is 3.08. The molecule has 0 saturated carbocycles. The number of carbonyl (C=O) groups is 1. The molecule has 0 saturated heterocycles. The minimum absolute atomic E-state index is 0.103. The van der Waals surface area contributed by atoms with E-state index in [1.807, 2.05) is 0 Å². The Hall–Kier alpha value is -1.30. The first-order valence-corrected chi connectivity index (χ1v) is 5.85. The van der Waals surface area contributed by atoms with Crippen LogP contribution >= 0.6 is 0 Å². The van der Waals surface area contributed by atoms with Gasteiger partial charge in [0.1, 0.15) is 5.82 Å². The standard InChI is InChI=1S/C8H12N2O3S/c1-6(11)7-4-5-8(10(7)2)9-14(3,12)13/h4-5,9H,1-3H3. The van der Waals surface area contributed by atoms with Gasteiger partial charge in [0.25, 0.3) is 0 Å². The van der Waals surface area contributed by atoms with Crippen LogP contribution < -0.4 is 4.72 Å². The molecule has 1 N–H and O–H groups in total. The molecule has 0 aliphatic heterocycles. The molecule has 0 aliphatic carbocycles. The smallest absolute Gasteiger partial charge is 0.230 e. The number of sulfonamides is 1. The van der Waals surface area contributed by atoms with Crippen molar-refractivity contribution in [3.8, 4) is 0 Å². The van der Waals surface area contributed by atoms with Gasteiger partial charge in [-0.15, -0.1) is 0 Å². The fourth-order valence-electron chi connectivity index (χ4n) is 1.16. The van der Waals surface area contributed by atoms with E-state index in [1.165, 1.54) is 11.5 Å². The van der Waals surface area contributed by atoms with E-state index in [0.29, 0.717) is 11.5 Å². The zero-order valence-electron chi connectivity index (χ0n) is 8.23. The lowest BCUT2D eigenvalue weighted by atomic mass is 10.3. The Morgan fingerprint density at radius 1 is 1.43 bits per heavy atom. The largest absolute Gasteiger partial charge is 0.328 e. The molecule has 1 aromatic heterocycles. The van der Waals surface area contributed by atoms with E-state index in [4.69, 9.17) is 0 Å². The van der Waals surface area contributed by atoms with Crippen LogP contribution in [0.3, 0.4) is 0 Å². The van der Waals surface area contributed by atoms with Crippen molar-refractivity contribution < 1.29 is 13.2 Å². The summed E-state index contributed by atoms with van der Waals surface area (Å²) in [4.78, 5) is 11.0. The van der Waals surface area contributed by atoms with E-state index in [0.717, 1.165) is 6.26 Å². The number of aromatic nitrogens is 1. The number of carbonyl (C=O) groups excluding carboxylic acids is 1. The number of nitrogens with one attached hydrogen (secondary N) is 1. The Kier molecular flexibility index (Phi) is 2.66. The van der Waals surface area contributed by atoms with Gasteiger partial charge in [-0.2, -0.15) is 0 Å². The topological polar surface area (TPSA) is 68.2 Å². The first-order chi connectivity index (χ1) is 6.31. The highest BCUT2D eigenvalue weighted by molar-refractivity contribution is 7.92. The summed E-state index contributed by atoms with van der Waals surface area (Å²) in [6.07, 6.45) is 1.06. The lowest BCUT2D eigenvalue weighted by Gasteiger charge is -2.06. The number of Topliss-reactive ketones (excluding diaryl/α,β-unsaturated/α-hetero) is 1. The van der Waals surface area contributed by atoms with Gasteiger partial charge >= 0.3 is 0 Å². The Bertz CT molecular complexity index is 459. The first kappa shape index (κ1) is 10.8. The lowest BCUT2D eigenvalue weighted by molar-refractivity contribution is 0.101. The van der Waals surface area contributed by atoms with Gasteiger partial charge in [-0.25, -0.2) is 8.42 Å². The van der Waals surface area contributed by atoms with Crippen LogP contribution in [0.15, 0.2) is 12.1 Å². The number of rotatable bonds is 3. The number of nitrogens with zero attached hydrogens (tertiary/aromatic N) is 1. The fourth-order valence-corrected chi connectivity index (χ4v) is 1.74. The van der Waals surface area contributed by atoms with Crippen LogP contribution in [-0.4, -0.2) is 25.0 Å². The van der Waals surface area contributed by atoms with Gasteiger partial charge in [0.2, 0.25) is 10.0 Å². The number of hydrogen-bond acceptors (Lipinski definition) is 3. The van der Waals surface area contributed by atoms with Crippen molar-refractivity contribution in [3.05, 3.63) is 17.8 Å². The van der Waals surface area contributed by atoms with Gasteiger partial charge in [0.15, 0.2) is 5.78 Å². The third kappa shape index (κ3) is 2.35. The average molecular weight is 216 g/mol. The summed E-state index contributed by atoms with van der Waals surface area (Å²) in [6.45, 7) is 1.43. The SMILES string of the molecule is CC(=O)c1ccc(NS(C)(=O)=O)n1C. The number of ketones is 1. The molecule has 1 rings (SSSR count). The predicted molar refractivity (Wildman–Crippen MR) is 53.9 cm³/mol. The maximum atomic E-state index is 11.0. The molecule has 0 aromatic carbocycles. The van der Waals surface area contributed by atoms with Crippen molar-refractivity contribution in [2.75, 3.05) is 11.0 Å². The van der Waals surface area contributed by atoms with Crippen molar-refractivity contribution in [3.63, 3.8) is 0 Å². The Morgan fingerprint density at radius 3 is 2.36 bits per heavy atom. The summed E-state index contributed by atoms with van der Waals surface area (Å²) in [5.41, 5.74) is 0.469. The maximum Gasteiger partial charge on any atom is 0.230 e. The second-order valence-corrected chi connectivity index (χ2v) is 4.84. The maximum absolute atomic E-state index is 11.0. The quantitative estimate of drug-likeness (QED) is 0.752. The third-order valence-corrected chi connectivity index (χ3v) is 2.35. The summed E-state index contributed by atoms with van der Waals surface area (Å²) < 4.78 is 25.7. The fraction of sp³-hybridized carbons (Fsp3) is 0.375. The monoisotopic (exact) mass is 216 g/mol. The minimum Gasteiger partial charge on any atom is -0.328 e. The number of anilines is 1. The van der Waals surface area contributed by atoms with Crippen LogP contribution in [0.4, 0.5) is 5.82 Å². The second kappa shape index (κ2) is 3.45. The van der Waals surface area contributed by atoms with Gasteiger partial charge in [-0.1, -0.05) is 0 Å². The molecule has 5 nitrogen and oxygen atoms in total. The Labute approximate surface area is 82.8 Å². The normalized spacial score (nSPS) is 11.4. The van der Waals surface area contributed by atoms with Gasteiger partial charge < -0.3 is 4.57 Å². The molecule has 0 unspecified atom stereocenters. The Morgan fingerprint density at radius 2 is 2.00 bits per heavy atom. The van der Waals surface area contributed by atoms with Crippen molar-refractivity contribution in [2.45, 2.75) is 6.92 Å². The summed E-state index contributed by atoms with van der Waals surface area (Å²) in [7, 11) is -1.66. The predicted octanol–water partition coefficient (Wildman–Crippen LogP) is 0.599. The van der Waals surface area contributed by atoms with E-state index in [-0.39, 0.29) is 5.78 Å². The van der Waals surface area contributed by atoms with Crippen LogP contribution in [-0.2, 0) is 17.1 Å². The molecule has 0 spiro atoms. The van der Waals surface area contributed by atoms with Crippen LogP contribution in [0.5, 0.6) is 0 Å². The zero-order valence-corrected chi connectivity index (χ0v) is 9.05. The molecule has 0 aliphatic rings. The molecule has 1 aromatic rings. The van der Waals surface area contributed by atoms with Crippen molar-refractivity contribution >= 4 is 21.6 Å². The molecule has 78 valence electrons. The van der Waals surface area contributed by atoms with E-state index >= 15 is 0 Å². The number of hydrogen-bond donors (Lipinski definition) is 1. The molecule has 0 fully saturated rings. The van der Waals surface area contributed by atoms with E-state index in [2.05, 4.69) is 4.72 Å². The lowest BCUT2D eigenvalue weighted by Crippen LogP contribution is -2.13. The van der Waals surface area contributed by atoms with Crippen molar-refractivity contribution in [1.29, 1.82) is 0 Å². The van der Waals surface area contributed by atoms with E-state index in [1.54, 1.807) is 19.2 Å². The van der Waals surface area contributed by atoms with Crippen LogP contribution in [0, 0.1) is 0 Å².